The Balaban J connectivity index is 1.19. The molecule has 0 atom stereocenters. The maximum Gasteiger partial charge on any atom is 0.0434 e. The summed E-state index contributed by atoms with van der Waals surface area (Å²) in [6.07, 6.45) is 0. The lowest BCUT2D eigenvalue weighted by Gasteiger charge is -2.17. The second-order valence-electron chi connectivity index (χ2n) is 12.1. The average Bonchev–Trinajstić information content (AvgIpc) is 3.49. The second kappa shape index (κ2) is 9.50. The van der Waals surface area contributed by atoms with Crippen molar-refractivity contribution in [1.82, 2.24) is 0 Å². The van der Waals surface area contributed by atoms with Crippen LogP contribution in [0.15, 0.2) is 158 Å². The van der Waals surface area contributed by atoms with E-state index in [4.69, 9.17) is 0 Å². The minimum Gasteiger partial charge on any atom is -0.135 e. The minimum absolute atomic E-state index is 1.24. The van der Waals surface area contributed by atoms with Crippen molar-refractivity contribution in [2.45, 2.75) is 0 Å². The Kier molecular flexibility index (Phi) is 5.25. The van der Waals surface area contributed by atoms with E-state index in [0.717, 1.165) is 0 Å². The maximum atomic E-state index is 2.35. The van der Waals surface area contributed by atoms with Gasteiger partial charge in [0.2, 0.25) is 0 Å². The zero-order chi connectivity index (χ0) is 29.5. The highest BCUT2D eigenvalue weighted by Gasteiger charge is 2.17. The van der Waals surface area contributed by atoms with Gasteiger partial charge in [-0.15, -0.1) is 11.3 Å². The number of hydrogen-bond donors (Lipinski definition) is 0. The van der Waals surface area contributed by atoms with Crippen LogP contribution in [0.1, 0.15) is 0 Å². The Hall–Kier alpha value is -5.50. The number of benzene rings is 9. The smallest absolute Gasteiger partial charge is 0.0434 e. The SMILES string of the molecule is c1cc(-c2ccc3ccccc3c2)cc(-c2ccc3ccc4c(-c5cccc6c5sc5ccccc56)ccc5ccc2c3c54)c1. The van der Waals surface area contributed by atoms with Crippen molar-refractivity contribution in [3.05, 3.63) is 158 Å². The fraction of sp³-hybridized carbons (Fsp3) is 0. The van der Waals surface area contributed by atoms with E-state index in [2.05, 4.69) is 158 Å². The summed E-state index contributed by atoms with van der Waals surface area (Å²) in [7, 11) is 0. The Morgan fingerprint density at radius 2 is 0.933 bits per heavy atom. The predicted octanol–water partition coefficient (Wildman–Crippen LogP) is 13.1. The lowest BCUT2D eigenvalue weighted by Crippen LogP contribution is -1.90. The third-order valence-corrected chi connectivity index (χ3v) is 10.8. The summed E-state index contributed by atoms with van der Waals surface area (Å²) in [6, 6.07) is 58.5. The van der Waals surface area contributed by atoms with Gasteiger partial charge in [0.15, 0.2) is 0 Å². The molecule has 0 aliphatic carbocycles. The van der Waals surface area contributed by atoms with Crippen LogP contribution in [-0.2, 0) is 0 Å². The highest BCUT2D eigenvalue weighted by molar-refractivity contribution is 7.26. The molecule has 0 N–H and O–H groups in total. The quantitative estimate of drug-likeness (QED) is 0.181. The van der Waals surface area contributed by atoms with Gasteiger partial charge in [0.1, 0.15) is 0 Å². The van der Waals surface area contributed by atoms with Crippen LogP contribution in [0.3, 0.4) is 0 Å². The normalized spacial score (nSPS) is 12.0. The summed E-state index contributed by atoms with van der Waals surface area (Å²) >= 11 is 1.90. The molecule has 0 bridgehead atoms. The maximum absolute atomic E-state index is 2.35. The summed E-state index contributed by atoms with van der Waals surface area (Å²) < 4.78 is 2.70. The van der Waals surface area contributed by atoms with E-state index in [-0.39, 0.29) is 0 Å². The molecule has 0 amide bonds. The van der Waals surface area contributed by atoms with Crippen molar-refractivity contribution >= 4 is 74.6 Å². The number of hydrogen-bond acceptors (Lipinski definition) is 1. The molecule has 0 fully saturated rings. The van der Waals surface area contributed by atoms with Crippen LogP contribution < -0.4 is 0 Å². The molecule has 0 aliphatic rings. The van der Waals surface area contributed by atoms with E-state index in [1.54, 1.807) is 0 Å². The van der Waals surface area contributed by atoms with Gasteiger partial charge in [-0.25, -0.2) is 0 Å². The summed E-state index contributed by atoms with van der Waals surface area (Å²) in [4.78, 5) is 0. The molecule has 9 aromatic carbocycles. The predicted molar refractivity (Wildman–Crippen MR) is 197 cm³/mol. The van der Waals surface area contributed by atoms with Gasteiger partial charge in [0.25, 0.3) is 0 Å². The van der Waals surface area contributed by atoms with Gasteiger partial charge in [-0.3, -0.25) is 0 Å². The molecule has 1 aromatic heterocycles. The van der Waals surface area contributed by atoms with E-state index in [0.29, 0.717) is 0 Å². The number of fused-ring (bicyclic) bond motifs is 4. The first-order valence-electron chi connectivity index (χ1n) is 15.5. The van der Waals surface area contributed by atoms with Crippen molar-refractivity contribution in [2.24, 2.45) is 0 Å². The van der Waals surface area contributed by atoms with E-state index in [9.17, 15) is 0 Å². The molecule has 45 heavy (non-hydrogen) atoms. The summed E-state index contributed by atoms with van der Waals surface area (Å²) in [5.74, 6) is 0. The highest BCUT2D eigenvalue weighted by atomic mass is 32.1. The Morgan fingerprint density at radius 1 is 0.311 bits per heavy atom. The Bertz CT molecular complexity index is 2760. The molecule has 0 saturated heterocycles. The van der Waals surface area contributed by atoms with Crippen LogP contribution in [0.5, 0.6) is 0 Å². The topological polar surface area (TPSA) is 0 Å². The van der Waals surface area contributed by atoms with E-state index >= 15 is 0 Å². The average molecular weight is 587 g/mol. The van der Waals surface area contributed by atoms with Crippen molar-refractivity contribution in [2.75, 3.05) is 0 Å². The Morgan fingerprint density at radius 3 is 1.80 bits per heavy atom. The number of rotatable bonds is 3. The van der Waals surface area contributed by atoms with Crippen LogP contribution in [0.4, 0.5) is 0 Å². The molecule has 0 spiro atoms. The second-order valence-corrected chi connectivity index (χ2v) is 13.1. The lowest BCUT2D eigenvalue weighted by atomic mass is 9.86. The molecule has 0 radical (unpaired) electrons. The fourth-order valence-corrected chi connectivity index (χ4v) is 8.71. The van der Waals surface area contributed by atoms with Crippen LogP contribution in [0.25, 0.3) is 96.6 Å². The molecular weight excluding hydrogens is 561 g/mol. The first-order valence-corrected chi connectivity index (χ1v) is 16.3. The van der Waals surface area contributed by atoms with Gasteiger partial charge in [0, 0.05) is 25.7 Å². The largest absolute Gasteiger partial charge is 0.135 e. The number of thiophene rings is 1. The first kappa shape index (κ1) is 24.9. The van der Waals surface area contributed by atoms with Gasteiger partial charge in [-0.1, -0.05) is 140 Å². The molecule has 1 heterocycles. The molecule has 0 aliphatic heterocycles. The third kappa shape index (κ3) is 3.72. The monoisotopic (exact) mass is 586 g/mol. The summed E-state index contributed by atoms with van der Waals surface area (Å²) in [5.41, 5.74) is 7.62. The van der Waals surface area contributed by atoms with E-state index < -0.39 is 0 Å². The summed E-state index contributed by atoms with van der Waals surface area (Å²) in [6.45, 7) is 0. The minimum atomic E-state index is 1.24. The third-order valence-electron chi connectivity index (χ3n) is 9.62. The molecule has 0 nitrogen and oxygen atoms in total. The van der Waals surface area contributed by atoms with Crippen LogP contribution in [0.2, 0.25) is 0 Å². The zero-order valence-electron chi connectivity index (χ0n) is 24.4. The molecule has 208 valence electrons. The van der Waals surface area contributed by atoms with Crippen molar-refractivity contribution in [1.29, 1.82) is 0 Å². The first-order chi connectivity index (χ1) is 22.3. The molecule has 10 aromatic rings. The van der Waals surface area contributed by atoms with E-state index in [1.165, 1.54) is 96.6 Å². The zero-order valence-corrected chi connectivity index (χ0v) is 25.2. The van der Waals surface area contributed by atoms with Gasteiger partial charge in [-0.2, -0.15) is 0 Å². The van der Waals surface area contributed by atoms with Gasteiger partial charge in [0.05, 0.1) is 0 Å². The van der Waals surface area contributed by atoms with Gasteiger partial charge >= 0.3 is 0 Å². The van der Waals surface area contributed by atoms with E-state index in [1.807, 2.05) is 11.3 Å². The van der Waals surface area contributed by atoms with Crippen molar-refractivity contribution < 1.29 is 0 Å². The fourth-order valence-electron chi connectivity index (χ4n) is 7.48. The lowest BCUT2D eigenvalue weighted by molar-refractivity contribution is 1.62. The van der Waals surface area contributed by atoms with Crippen molar-refractivity contribution in [3.63, 3.8) is 0 Å². The van der Waals surface area contributed by atoms with Crippen LogP contribution >= 0.6 is 11.3 Å². The molecule has 10 rings (SSSR count). The van der Waals surface area contributed by atoms with Gasteiger partial charge < -0.3 is 0 Å². The Labute approximate surface area is 264 Å². The molecule has 0 unspecified atom stereocenters. The standard InChI is InChI=1S/C44H26S/c1-2-8-30-25-32(16-15-27(30)7-1)31-9-5-10-33(26-31)34-21-17-28-20-24-38-35(22-18-29-19-23-37(34)42(28)43(29)38)39-12-6-13-40-36-11-3-4-14-41(36)45-44(39)40/h1-26H. The van der Waals surface area contributed by atoms with Crippen LogP contribution in [-0.4, -0.2) is 0 Å². The van der Waals surface area contributed by atoms with Crippen molar-refractivity contribution in [3.8, 4) is 33.4 Å². The van der Waals surface area contributed by atoms with Crippen LogP contribution in [0, 0.1) is 0 Å². The molecule has 1 heteroatoms. The highest BCUT2D eigenvalue weighted by Crippen LogP contribution is 2.46. The summed E-state index contributed by atoms with van der Waals surface area (Å²) in [5, 5.41) is 13.1. The molecule has 0 saturated carbocycles. The van der Waals surface area contributed by atoms with Gasteiger partial charge in [-0.05, 0) is 89.1 Å². The molecular formula is C44H26S.